The molecule has 0 amide bonds. The van der Waals surface area contributed by atoms with Crippen molar-refractivity contribution in [3.63, 3.8) is 0 Å². The summed E-state index contributed by atoms with van der Waals surface area (Å²) in [5.41, 5.74) is 4.24. The third-order valence-corrected chi connectivity index (χ3v) is 3.72. The van der Waals surface area contributed by atoms with Crippen LogP contribution in [-0.2, 0) is 11.2 Å². The van der Waals surface area contributed by atoms with Gasteiger partial charge in [0.05, 0.1) is 12.1 Å². The van der Waals surface area contributed by atoms with Crippen LogP contribution in [0.3, 0.4) is 0 Å². The molecule has 0 aliphatic carbocycles. The maximum atomic E-state index is 5.37. The van der Waals surface area contributed by atoms with Crippen LogP contribution in [-0.4, -0.2) is 19.3 Å². The van der Waals surface area contributed by atoms with E-state index < -0.39 is 0 Å². The molecular weight excluding hydrogens is 198 g/mol. The number of anilines is 1. The van der Waals surface area contributed by atoms with Crippen LogP contribution in [0.5, 0.6) is 0 Å². The first-order valence-corrected chi connectivity index (χ1v) is 6.06. The summed E-state index contributed by atoms with van der Waals surface area (Å²) in [6.07, 6.45) is 3.42. The maximum Gasteiger partial charge on any atom is 0.0692 e. The van der Waals surface area contributed by atoms with E-state index >= 15 is 0 Å². The Morgan fingerprint density at radius 1 is 1.44 bits per heavy atom. The number of benzene rings is 1. The van der Waals surface area contributed by atoms with Gasteiger partial charge < -0.3 is 10.1 Å². The Morgan fingerprint density at radius 3 is 2.94 bits per heavy atom. The van der Waals surface area contributed by atoms with Crippen LogP contribution in [0, 0.1) is 6.92 Å². The van der Waals surface area contributed by atoms with E-state index in [9.17, 15) is 0 Å². The molecule has 0 radical (unpaired) electrons. The zero-order chi connectivity index (χ0) is 11.6. The van der Waals surface area contributed by atoms with Gasteiger partial charge in [-0.2, -0.15) is 0 Å². The molecule has 0 fully saturated rings. The van der Waals surface area contributed by atoms with Crippen molar-refractivity contribution in [3.05, 3.63) is 29.3 Å². The molecular formula is C14H21NO. The van der Waals surface area contributed by atoms with Gasteiger partial charge in [0, 0.05) is 12.8 Å². The molecule has 2 heteroatoms. The molecule has 0 saturated heterocycles. The van der Waals surface area contributed by atoms with Gasteiger partial charge in [0.1, 0.15) is 0 Å². The Kier molecular flexibility index (Phi) is 3.20. The molecule has 16 heavy (non-hydrogen) atoms. The normalized spacial score (nSPS) is 23.7. The van der Waals surface area contributed by atoms with Crippen molar-refractivity contribution in [1.82, 2.24) is 0 Å². The summed E-state index contributed by atoms with van der Waals surface area (Å²) in [5.74, 6) is 0. The van der Waals surface area contributed by atoms with Crippen molar-refractivity contribution < 1.29 is 4.74 Å². The summed E-state index contributed by atoms with van der Waals surface area (Å²) in [6, 6.07) is 6.54. The number of fused-ring (bicyclic) bond motifs is 1. The highest BCUT2D eigenvalue weighted by molar-refractivity contribution is 5.60. The molecule has 88 valence electrons. The van der Waals surface area contributed by atoms with Crippen molar-refractivity contribution in [2.24, 2.45) is 0 Å². The molecule has 1 aliphatic rings. The lowest BCUT2D eigenvalue weighted by molar-refractivity contribution is 0.133. The fraction of sp³-hybridized carbons (Fsp3) is 0.571. The minimum atomic E-state index is 0.133. The smallest absolute Gasteiger partial charge is 0.0692 e. The fourth-order valence-corrected chi connectivity index (χ4v) is 2.57. The summed E-state index contributed by atoms with van der Waals surface area (Å²) in [7, 11) is 1.78. The first kappa shape index (κ1) is 11.5. The predicted octanol–water partition coefficient (Wildman–Crippen LogP) is 3.15. The monoisotopic (exact) mass is 219 g/mol. The van der Waals surface area contributed by atoms with Gasteiger partial charge in [-0.1, -0.05) is 25.1 Å². The first-order valence-electron chi connectivity index (χ1n) is 6.06. The van der Waals surface area contributed by atoms with Gasteiger partial charge in [-0.15, -0.1) is 0 Å². The quantitative estimate of drug-likeness (QED) is 0.843. The van der Waals surface area contributed by atoms with E-state index in [1.165, 1.54) is 16.8 Å². The van der Waals surface area contributed by atoms with Crippen LogP contribution in [0.4, 0.5) is 5.69 Å². The number of hydrogen-bond donors (Lipinski definition) is 1. The standard InChI is InChI=1S/C14H21NO/c1-4-14(10-16-3)9-8-12-7-5-6-11(2)13(12)15-14/h5-7,15H,4,8-10H2,1-3H3. The third kappa shape index (κ3) is 1.94. The van der Waals surface area contributed by atoms with E-state index in [-0.39, 0.29) is 5.54 Å². The maximum absolute atomic E-state index is 5.37. The molecule has 0 bridgehead atoms. The minimum Gasteiger partial charge on any atom is -0.382 e. The van der Waals surface area contributed by atoms with Gasteiger partial charge in [0.15, 0.2) is 0 Å². The topological polar surface area (TPSA) is 21.3 Å². The molecule has 2 nitrogen and oxygen atoms in total. The number of hydrogen-bond acceptors (Lipinski definition) is 2. The molecule has 1 aliphatic heterocycles. The van der Waals surface area contributed by atoms with Crippen molar-refractivity contribution >= 4 is 5.69 Å². The molecule has 2 rings (SSSR count). The highest BCUT2D eigenvalue weighted by Crippen LogP contribution is 2.34. The number of aryl methyl sites for hydroxylation is 2. The first-order chi connectivity index (χ1) is 7.71. The highest BCUT2D eigenvalue weighted by atomic mass is 16.5. The second-order valence-corrected chi connectivity index (χ2v) is 4.80. The number of methoxy groups -OCH3 is 1. The SMILES string of the molecule is CCC1(COC)CCc2cccc(C)c2N1. The van der Waals surface area contributed by atoms with Crippen LogP contribution < -0.4 is 5.32 Å². The molecule has 0 saturated carbocycles. The Morgan fingerprint density at radius 2 is 2.25 bits per heavy atom. The van der Waals surface area contributed by atoms with Crippen molar-refractivity contribution in [2.75, 3.05) is 19.0 Å². The summed E-state index contributed by atoms with van der Waals surface area (Å²) < 4.78 is 5.37. The Balaban J connectivity index is 2.31. The van der Waals surface area contributed by atoms with Gasteiger partial charge in [-0.25, -0.2) is 0 Å². The second kappa shape index (κ2) is 4.46. The van der Waals surface area contributed by atoms with E-state index in [4.69, 9.17) is 4.74 Å². The summed E-state index contributed by atoms with van der Waals surface area (Å²) in [6.45, 7) is 5.19. The summed E-state index contributed by atoms with van der Waals surface area (Å²) in [5, 5.41) is 3.70. The number of para-hydroxylation sites is 1. The lowest BCUT2D eigenvalue weighted by atomic mass is 9.84. The highest BCUT2D eigenvalue weighted by Gasteiger charge is 2.32. The third-order valence-electron chi connectivity index (χ3n) is 3.72. The molecule has 1 N–H and O–H groups in total. The van der Waals surface area contributed by atoms with Gasteiger partial charge in [0.25, 0.3) is 0 Å². The largest absolute Gasteiger partial charge is 0.382 e. The van der Waals surface area contributed by atoms with Gasteiger partial charge >= 0.3 is 0 Å². The molecule has 1 unspecified atom stereocenters. The van der Waals surface area contributed by atoms with Crippen molar-refractivity contribution in [2.45, 2.75) is 38.6 Å². The second-order valence-electron chi connectivity index (χ2n) is 4.80. The van der Waals surface area contributed by atoms with Gasteiger partial charge in [-0.05, 0) is 37.3 Å². The fourth-order valence-electron chi connectivity index (χ4n) is 2.57. The van der Waals surface area contributed by atoms with E-state index in [1.807, 2.05) is 0 Å². The lowest BCUT2D eigenvalue weighted by Gasteiger charge is -2.39. The van der Waals surface area contributed by atoms with Crippen LogP contribution >= 0.6 is 0 Å². The Hall–Kier alpha value is -1.02. The van der Waals surface area contributed by atoms with Gasteiger partial charge in [-0.3, -0.25) is 0 Å². The van der Waals surface area contributed by atoms with Crippen molar-refractivity contribution in [3.8, 4) is 0 Å². The zero-order valence-corrected chi connectivity index (χ0v) is 10.5. The number of ether oxygens (including phenoxy) is 1. The van der Waals surface area contributed by atoms with Crippen molar-refractivity contribution in [1.29, 1.82) is 0 Å². The average molecular weight is 219 g/mol. The van der Waals surface area contributed by atoms with E-state index in [0.717, 1.165) is 25.9 Å². The average Bonchev–Trinajstić information content (AvgIpc) is 2.31. The van der Waals surface area contributed by atoms with E-state index in [0.29, 0.717) is 0 Å². The molecule has 0 spiro atoms. The zero-order valence-electron chi connectivity index (χ0n) is 10.5. The van der Waals surface area contributed by atoms with Crippen LogP contribution in [0.2, 0.25) is 0 Å². The van der Waals surface area contributed by atoms with Crippen LogP contribution in [0.15, 0.2) is 18.2 Å². The van der Waals surface area contributed by atoms with E-state index in [2.05, 4.69) is 37.4 Å². The number of nitrogens with one attached hydrogen (secondary N) is 1. The summed E-state index contributed by atoms with van der Waals surface area (Å²) in [4.78, 5) is 0. The number of rotatable bonds is 3. The Labute approximate surface area is 98.0 Å². The molecule has 1 aromatic carbocycles. The summed E-state index contributed by atoms with van der Waals surface area (Å²) >= 11 is 0. The predicted molar refractivity (Wildman–Crippen MR) is 68.0 cm³/mol. The lowest BCUT2D eigenvalue weighted by Crippen LogP contribution is -2.45. The molecule has 1 aromatic rings. The van der Waals surface area contributed by atoms with Gasteiger partial charge in [0.2, 0.25) is 0 Å². The Bertz CT molecular complexity index is 375. The van der Waals surface area contributed by atoms with Crippen LogP contribution in [0.25, 0.3) is 0 Å². The van der Waals surface area contributed by atoms with E-state index in [1.54, 1.807) is 7.11 Å². The molecule has 1 atom stereocenters. The minimum absolute atomic E-state index is 0.133. The van der Waals surface area contributed by atoms with Crippen LogP contribution in [0.1, 0.15) is 30.9 Å². The molecule has 1 heterocycles. The molecule has 0 aromatic heterocycles.